The van der Waals surface area contributed by atoms with E-state index < -0.39 is 12.0 Å². The highest BCUT2D eigenvalue weighted by molar-refractivity contribution is 5.86. The minimum atomic E-state index is -1.11. The van der Waals surface area contributed by atoms with Crippen LogP contribution in [0.25, 0.3) is 0 Å². The Bertz CT molecular complexity index is 282. The average molecular weight is 170 g/mol. The van der Waals surface area contributed by atoms with Gasteiger partial charge in [-0.1, -0.05) is 6.92 Å². The molecule has 0 aliphatic carbocycles. The van der Waals surface area contributed by atoms with Gasteiger partial charge in [-0.15, -0.1) is 0 Å². The highest BCUT2D eigenvalue weighted by Crippen LogP contribution is 2.17. The highest BCUT2D eigenvalue weighted by Gasteiger charge is 2.19. The molecule has 0 amide bonds. The van der Waals surface area contributed by atoms with Gasteiger partial charge in [0.2, 0.25) is 0 Å². The smallest absolute Gasteiger partial charge is 0.358 e. The molecule has 0 spiro atoms. The molecule has 1 unspecified atom stereocenters. The molecule has 5 nitrogen and oxygen atoms in total. The molecule has 0 radical (unpaired) electrons. The molecule has 1 aromatic heterocycles. The van der Waals surface area contributed by atoms with Crippen LogP contribution in [0.5, 0.6) is 0 Å². The SMILES string of the molecule is CCC(N)c1ocnc1C(=O)O. The zero-order valence-electron chi connectivity index (χ0n) is 6.65. The van der Waals surface area contributed by atoms with Gasteiger partial charge in [-0.3, -0.25) is 0 Å². The fourth-order valence-corrected chi connectivity index (χ4v) is 0.864. The molecule has 12 heavy (non-hydrogen) atoms. The molecule has 0 aliphatic rings. The van der Waals surface area contributed by atoms with Crippen LogP contribution in [-0.2, 0) is 0 Å². The Labute approximate surface area is 69.2 Å². The fourth-order valence-electron chi connectivity index (χ4n) is 0.864. The van der Waals surface area contributed by atoms with E-state index in [9.17, 15) is 4.79 Å². The number of nitrogens with two attached hydrogens (primary N) is 1. The third kappa shape index (κ3) is 1.45. The normalized spacial score (nSPS) is 12.8. The predicted molar refractivity (Wildman–Crippen MR) is 40.7 cm³/mol. The molecule has 1 aromatic rings. The second-order valence-corrected chi connectivity index (χ2v) is 2.39. The maximum Gasteiger partial charge on any atom is 0.358 e. The van der Waals surface area contributed by atoms with Crippen molar-refractivity contribution in [1.29, 1.82) is 0 Å². The van der Waals surface area contributed by atoms with Gasteiger partial charge in [0, 0.05) is 0 Å². The number of carboxylic acids is 1. The summed E-state index contributed by atoms with van der Waals surface area (Å²) < 4.78 is 4.86. The van der Waals surface area contributed by atoms with Crippen LogP contribution in [0, 0.1) is 0 Å². The lowest BCUT2D eigenvalue weighted by atomic mass is 10.1. The first-order valence-corrected chi connectivity index (χ1v) is 3.59. The Hall–Kier alpha value is -1.36. The van der Waals surface area contributed by atoms with Crippen molar-refractivity contribution in [3.05, 3.63) is 17.8 Å². The van der Waals surface area contributed by atoms with Crippen molar-refractivity contribution in [1.82, 2.24) is 4.98 Å². The predicted octanol–water partition coefficient (Wildman–Crippen LogP) is 0.783. The summed E-state index contributed by atoms with van der Waals surface area (Å²) in [6.45, 7) is 1.85. The fraction of sp³-hybridized carbons (Fsp3) is 0.429. The number of hydrogen-bond acceptors (Lipinski definition) is 4. The van der Waals surface area contributed by atoms with Crippen molar-refractivity contribution in [3.63, 3.8) is 0 Å². The van der Waals surface area contributed by atoms with Crippen molar-refractivity contribution in [2.75, 3.05) is 0 Å². The third-order valence-corrected chi connectivity index (χ3v) is 1.57. The van der Waals surface area contributed by atoms with Crippen LogP contribution in [0.3, 0.4) is 0 Å². The first kappa shape index (κ1) is 8.73. The van der Waals surface area contributed by atoms with Crippen molar-refractivity contribution < 1.29 is 14.3 Å². The van der Waals surface area contributed by atoms with E-state index in [2.05, 4.69) is 4.98 Å². The van der Waals surface area contributed by atoms with Crippen molar-refractivity contribution in [2.24, 2.45) is 5.73 Å². The summed E-state index contributed by atoms with van der Waals surface area (Å²) in [7, 11) is 0. The zero-order chi connectivity index (χ0) is 9.14. The van der Waals surface area contributed by atoms with E-state index in [1.165, 1.54) is 0 Å². The molecule has 1 rings (SSSR count). The number of aromatic carboxylic acids is 1. The molecule has 5 heteroatoms. The molecule has 1 heterocycles. The van der Waals surface area contributed by atoms with Crippen LogP contribution in [0.1, 0.15) is 35.6 Å². The lowest BCUT2D eigenvalue weighted by molar-refractivity contribution is 0.0688. The van der Waals surface area contributed by atoms with Gasteiger partial charge in [-0.05, 0) is 6.42 Å². The van der Waals surface area contributed by atoms with E-state index in [0.717, 1.165) is 6.39 Å². The van der Waals surface area contributed by atoms with Crippen molar-refractivity contribution in [3.8, 4) is 0 Å². The minimum Gasteiger partial charge on any atom is -0.476 e. The number of carboxylic acid groups (broad SMARTS) is 1. The molecule has 0 fully saturated rings. The standard InChI is InChI=1S/C7H10N2O3/c1-2-4(8)6-5(7(10)11)9-3-12-6/h3-4H,2,8H2,1H3,(H,10,11). The second-order valence-electron chi connectivity index (χ2n) is 2.39. The number of oxazole rings is 1. The molecule has 3 N–H and O–H groups in total. The summed E-state index contributed by atoms with van der Waals surface area (Å²) in [5.74, 6) is -0.868. The Morgan fingerprint density at radius 2 is 2.58 bits per heavy atom. The van der Waals surface area contributed by atoms with Crippen LogP contribution in [0.2, 0.25) is 0 Å². The molecule has 66 valence electrons. The number of hydrogen-bond donors (Lipinski definition) is 2. The summed E-state index contributed by atoms with van der Waals surface area (Å²) in [4.78, 5) is 14.1. The molecular weight excluding hydrogens is 160 g/mol. The van der Waals surface area contributed by atoms with Crippen LogP contribution in [-0.4, -0.2) is 16.1 Å². The Kier molecular flexibility index (Phi) is 2.44. The van der Waals surface area contributed by atoms with Gasteiger partial charge in [0.25, 0.3) is 0 Å². The van der Waals surface area contributed by atoms with Crippen molar-refractivity contribution >= 4 is 5.97 Å². The van der Waals surface area contributed by atoms with Crippen molar-refractivity contribution in [2.45, 2.75) is 19.4 Å². The largest absolute Gasteiger partial charge is 0.476 e. The average Bonchev–Trinajstić information content (AvgIpc) is 2.50. The topological polar surface area (TPSA) is 89.4 Å². The summed E-state index contributed by atoms with van der Waals surface area (Å²) in [6, 6.07) is -0.390. The van der Waals surface area contributed by atoms with Gasteiger partial charge in [0.15, 0.2) is 17.8 Å². The van der Waals surface area contributed by atoms with Gasteiger partial charge in [0.05, 0.1) is 6.04 Å². The molecule has 0 bridgehead atoms. The lowest BCUT2D eigenvalue weighted by Gasteiger charge is -2.03. The van der Waals surface area contributed by atoms with E-state index in [1.807, 2.05) is 6.92 Å². The van der Waals surface area contributed by atoms with E-state index in [-0.39, 0.29) is 11.5 Å². The lowest BCUT2D eigenvalue weighted by Crippen LogP contribution is -2.12. The van der Waals surface area contributed by atoms with E-state index in [1.54, 1.807) is 0 Å². The monoisotopic (exact) mass is 170 g/mol. The number of aromatic nitrogens is 1. The van der Waals surface area contributed by atoms with Crippen LogP contribution < -0.4 is 5.73 Å². The maximum atomic E-state index is 10.5. The van der Waals surface area contributed by atoms with Gasteiger partial charge in [-0.25, -0.2) is 9.78 Å². The van der Waals surface area contributed by atoms with E-state index in [4.69, 9.17) is 15.3 Å². The molecular formula is C7H10N2O3. The van der Waals surface area contributed by atoms with Crippen LogP contribution in [0.4, 0.5) is 0 Å². The Morgan fingerprint density at radius 3 is 3.08 bits per heavy atom. The summed E-state index contributed by atoms with van der Waals surface area (Å²) in [6.07, 6.45) is 1.71. The van der Waals surface area contributed by atoms with Gasteiger partial charge < -0.3 is 15.3 Å². The quantitative estimate of drug-likeness (QED) is 0.699. The number of rotatable bonds is 3. The third-order valence-electron chi connectivity index (χ3n) is 1.57. The van der Waals surface area contributed by atoms with Gasteiger partial charge in [0.1, 0.15) is 0 Å². The Morgan fingerprint density at radius 1 is 1.92 bits per heavy atom. The number of carbonyl (C=O) groups is 1. The second kappa shape index (κ2) is 3.36. The number of nitrogens with zero attached hydrogens (tertiary/aromatic N) is 1. The van der Waals surface area contributed by atoms with Crippen LogP contribution in [0.15, 0.2) is 10.8 Å². The molecule has 0 aliphatic heterocycles. The summed E-state index contributed by atoms with van der Waals surface area (Å²) in [5, 5.41) is 8.62. The molecule has 0 aromatic carbocycles. The summed E-state index contributed by atoms with van der Waals surface area (Å²) in [5.41, 5.74) is 5.49. The minimum absolute atomic E-state index is 0.0932. The zero-order valence-corrected chi connectivity index (χ0v) is 6.65. The van der Waals surface area contributed by atoms with E-state index in [0.29, 0.717) is 6.42 Å². The Balaban J connectivity index is 2.98. The first-order valence-electron chi connectivity index (χ1n) is 3.59. The molecule has 1 atom stereocenters. The highest BCUT2D eigenvalue weighted by atomic mass is 16.4. The summed E-state index contributed by atoms with van der Waals surface area (Å²) >= 11 is 0. The van der Waals surface area contributed by atoms with Gasteiger partial charge in [-0.2, -0.15) is 0 Å². The first-order chi connectivity index (χ1) is 5.66. The van der Waals surface area contributed by atoms with E-state index >= 15 is 0 Å². The van der Waals surface area contributed by atoms with Crippen LogP contribution >= 0.6 is 0 Å². The molecule has 0 saturated carbocycles. The van der Waals surface area contributed by atoms with Gasteiger partial charge >= 0.3 is 5.97 Å². The maximum absolute atomic E-state index is 10.5. The molecule has 0 saturated heterocycles.